The van der Waals surface area contributed by atoms with E-state index in [0.29, 0.717) is 35.9 Å². The SMILES string of the molecule is CCCC(CC(=O)C1CCCC(C(CCCCC(=O)OC)c2cccc(C)c2)C1)CC1CCCCOC1. The fourth-order valence-corrected chi connectivity index (χ4v) is 6.99. The molecular weight excluding hydrogens is 460 g/mol. The van der Waals surface area contributed by atoms with Crippen molar-refractivity contribution < 1.29 is 19.1 Å². The van der Waals surface area contributed by atoms with Crippen molar-refractivity contribution >= 4 is 11.8 Å². The van der Waals surface area contributed by atoms with Crippen molar-refractivity contribution in [1.82, 2.24) is 0 Å². The summed E-state index contributed by atoms with van der Waals surface area (Å²) in [5, 5.41) is 0. The zero-order valence-corrected chi connectivity index (χ0v) is 23.8. The van der Waals surface area contributed by atoms with Gasteiger partial charge in [0.05, 0.1) is 7.11 Å². The largest absolute Gasteiger partial charge is 0.469 e. The molecule has 1 aromatic rings. The van der Waals surface area contributed by atoms with Gasteiger partial charge in [0.1, 0.15) is 5.78 Å². The predicted molar refractivity (Wildman–Crippen MR) is 151 cm³/mol. The molecule has 0 radical (unpaired) electrons. The molecule has 208 valence electrons. The summed E-state index contributed by atoms with van der Waals surface area (Å²) in [4.78, 5) is 25.2. The van der Waals surface area contributed by atoms with E-state index in [1.54, 1.807) is 0 Å². The van der Waals surface area contributed by atoms with Gasteiger partial charge >= 0.3 is 5.97 Å². The van der Waals surface area contributed by atoms with Crippen molar-refractivity contribution in [2.75, 3.05) is 20.3 Å². The number of carbonyl (C=O) groups is 2. The van der Waals surface area contributed by atoms with Crippen molar-refractivity contribution in [3.05, 3.63) is 35.4 Å². The summed E-state index contributed by atoms with van der Waals surface area (Å²) in [5.41, 5.74) is 2.71. The maximum Gasteiger partial charge on any atom is 0.305 e. The van der Waals surface area contributed by atoms with Crippen LogP contribution in [-0.2, 0) is 19.1 Å². The van der Waals surface area contributed by atoms with Crippen LogP contribution in [-0.4, -0.2) is 32.1 Å². The van der Waals surface area contributed by atoms with Gasteiger partial charge in [-0.2, -0.15) is 0 Å². The molecule has 1 saturated heterocycles. The number of aryl methyl sites for hydroxylation is 1. The lowest BCUT2D eigenvalue weighted by molar-refractivity contribution is -0.140. The molecule has 37 heavy (non-hydrogen) atoms. The molecular formula is C33H52O4. The Bertz CT molecular complexity index is 810. The summed E-state index contributed by atoms with van der Waals surface area (Å²) >= 11 is 0. The van der Waals surface area contributed by atoms with Gasteiger partial charge in [-0.1, -0.05) is 68.9 Å². The predicted octanol–water partition coefficient (Wildman–Crippen LogP) is 8.20. The number of benzene rings is 1. The number of ketones is 1. The average Bonchev–Trinajstić information content (AvgIpc) is 3.17. The van der Waals surface area contributed by atoms with Crippen LogP contribution in [0.5, 0.6) is 0 Å². The standard InChI is InChI=1S/C33H52O4/c1-4-11-26(21-27-13-7-8-19-37-24-27)22-32(34)30-16-10-15-29(23-30)31(17-5-6-18-33(35)36-3)28-14-9-12-25(2)20-28/h9,12,14,20,26-27,29-31H,4-8,10-11,13,15-19,21-24H2,1-3H3. The number of hydrogen-bond acceptors (Lipinski definition) is 4. The molecule has 0 amide bonds. The van der Waals surface area contributed by atoms with E-state index in [0.717, 1.165) is 77.4 Å². The van der Waals surface area contributed by atoms with E-state index in [2.05, 4.69) is 38.1 Å². The fraction of sp³-hybridized carbons (Fsp3) is 0.758. The van der Waals surface area contributed by atoms with E-state index < -0.39 is 0 Å². The molecule has 0 spiro atoms. The first-order valence-corrected chi connectivity index (χ1v) is 15.2. The molecule has 3 rings (SSSR count). The maximum absolute atomic E-state index is 13.6. The second-order valence-electron chi connectivity index (χ2n) is 12.0. The zero-order valence-electron chi connectivity index (χ0n) is 23.8. The third kappa shape index (κ3) is 10.2. The van der Waals surface area contributed by atoms with Crippen LogP contribution in [0.2, 0.25) is 0 Å². The van der Waals surface area contributed by atoms with Crippen LogP contribution in [0.25, 0.3) is 0 Å². The number of carbonyl (C=O) groups excluding carboxylic acids is 2. The topological polar surface area (TPSA) is 52.6 Å². The average molecular weight is 513 g/mol. The van der Waals surface area contributed by atoms with Crippen LogP contribution in [0, 0.1) is 30.6 Å². The molecule has 1 heterocycles. The molecule has 4 heteroatoms. The Kier molecular flexibility index (Phi) is 13.2. The van der Waals surface area contributed by atoms with E-state index in [9.17, 15) is 9.59 Å². The van der Waals surface area contributed by atoms with Crippen LogP contribution in [0.15, 0.2) is 24.3 Å². The number of rotatable bonds is 14. The van der Waals surface area contributed by atoms with Gasteiger partial charge in [0.25, 0.3) is 0 Å². The minimum atomic E-state index is -0.118. The number of ether oxygens (including phenoxy) is 2. The first-order valence-electron chi connectivity index (χ1n) is 15.2. The summed E-state index contributed by atoms with van der Waals surface area (Å²) in [6.45, 7) is 6.21. The lowest BCUT2D eigenvalue weighted by Crippen LogP contribution is -2.28. The second-order valence-corrected chi connectivity index (χ2v) is 12.0. The normalized spacial score (nSPS) is 24.1. The molecule has 1 aliphatic heterocycles. The van der Waals surface area contributed by atoms with Crippen LogP contribution >= 0.6 is 0 Å². The van der Waals surface area contributed by atoms with Crippen LogP contribution in [0.3, 0.4) is 0 Å². The summed E-state index contributed by atoms with van der Waals surface area (Å²) in [6.07, 6.45) is 15.8. The van der Waals surface area contributed by atoms with Gasteiger partial charge in [-0.3, -0.25) is 9.59 Å². The summed E-state index contributed by atoms with van der Waals surface area (Å²) in [5.74, 6) is 2.76. The third-order valence-electron chi connectivity index (χ3n) is 8.94. The first kappa shape index (κ1) is 29.9. The fourth-order valence-electron chi connectivity index (χ4n) is 6.99. The van der Waals surface area contributed by atoms with E-state index in [4.69, 9.17) is 9.47 Å². The summed E-state index contributed by atoms with van der Waals surface area (Å²) in [7, 11) is 1.46. The van der Waals surface area contributed by atoms with Crippen molar-refractivity contribution in [2.45, 2.75) is 116 Å². The highest BCUT2D eigenvalue weighted by Gasteiger charge is 2.33. The summed E-state index contributed by atoms with van der Waals surface area (Å²) in [6, 6.07) is 8.94. The monoisotopic (exact) mass is 512 g/mol. The Morgan fingerprint density at radius 1 is 1.08 bits per heavy atom. The van der Waals surface area contributed by atoms with Gasteiger partial charge in [0, 0.05) is 32.0 Å². The molecule has 5 unspecified atom stereocenters. The molecule has 4 nitrogen and oxygen atoms in total. The van der Waals surface area contributed by atoms with Gasteiger partial charge in [-0.25, -0.2) is 0 Å². The minimum Gasteiger partial charge on any atom is -0.469 e. The second kappa shape index (κ2) is 16.3. The summed E-state index contributed by atoms with van der Waals surface area (Å²) < 4.78 is 10.7. The van der Waals surface area contributed by atoms with Crippen LogP contribution in [0.1, 0.15) is 120 Å². The van der Waals surface area contributed by atoms with E-state index in [1.165, 1.54) is 43.9 Å². The Balaban J connectivity index is 1.62. The smallest absolute Gasteiger partial charge is 0.305 e. The van der Waals surface area contributed by atoms with Crippen molar-refractivity contribution in [2.24, 2.45) is 23.7 Å². The number of esters is 1. The van der Waals surface area contributed by atoms with E-state index in [-0.39, 0.29) is 11.9 Å². The van der Waals surface area contributed by atoms with Gasteiger partial charge in [-0.15, -0.1) is 0 Å². The van der Waals surface area contributed by atoms with Gasteiger partial charge < -0.3 is 9.47 Å². The molecule has 1 saturated carbocycles. The Morgan fingerprint density at radius 3 is 2.73 bits per heavy atom. The molecule has 2 aliphatic rings. The number of Topliss-reactive ketones (excluding diaryl/α,β-unsaturated/α-hetero) is 1. The first-order chi connectivity index (χ1) is 18.0. The molecule has 5 atom stereocenters. The number of unbranched alkanes of at least 4 members (excludes halogenated alkanes) is 1. The Morgan fingerprint density at radius 2 is 1.95 bits per heavy atom. The highest BCUT2D eigenvalue weighted by atomic mass is 16.5. The zero-order chi connectivity index (χ0) is 26.5. The minimum absolute atomic E-state index is 0.118. The highest BCUT2D eigenvalue weighted by molar-refractivity contribution is 5.81. The molecule has 2 fully saturated rings. The lowest BCUT2D eigenvalue weighted by Gasteiger charge is -2.35. The molecule has 1 aromatic carbocycles. The van der Waals surface area contributed by atoms with Crippen LogP contribution in [0.4, 0.5) is 0 Å². The number of methoxy groups -OCH3 is 1. The quantitative estimate of drug-likeness (QED) is 0.186. The number of hydrogen-bond donors (Lipinski definition) is 0. The van der Waals surface area contributed by atoms with Crippen molar-refractivity contribution in [3.8, 4) is 0 Å². The Labute approximate surface area is 226 Å². The van der Waals surface area contributed by atoms with E-state index in [1.807, 2.05) is 0 Å². The van der Waals surface area contributed by atoms with Gasteiger partial charge in [0.2, 0.25) is 0 Å². The molecule has 1 aliphatic carbocycles. The van der Waals surface area contributed by atoms with Gasteiger partial charge in [0.15, 0.2) is 0 Å². The van der Waals surface area contributed by atoms with Crippen molar-refractivity contribution in [3.63, 3.8) is 0 Å². The Hall–Kier alpha value is -1.68. The van der Waals surface area contributed by atoms with E-state index >= 15 is 0 Å². The van der Waals surface area contributed by atoms with Crippen molar-refractivity contribution in [1.29, 1.82) is 0 Å². The van der Waals surface area contributed by atoms with Gasteiger partial charge in [-0.05, 0) is 87.5 Å². The third-order valence-corrected chi connectivity index (χ3v) is 8.94. The molecule has 0 bridgehead atoms. The molecule has 0 aromatic heterocycles. The van der Waals surface area contributed by atoms with Crippen LogP contribution < -0.4 is 0 Å². The maximum atomic E-state index is 13.6. The lowest BCUT2D eigenvalue weighted by atomic mass is 9.69. The molecule has 0 N–H and O–H groups in total. The highest BCUT2D eigenvalue weighted by Crippen LogP contribution is 2.42.